The number of para-hydroxylation sites is 1. The first-order valence-electron chi connectivity index (χ1n) is 8.62. The number of anilines is 1. The number of morpholine rings is 1. The van der Waals surface area contributed by atoms with E-state index in [4.69, 9.17) is 9.47 Å². The van der Waals surface area contributed by atoms with E-state index in [-0.39, 0.29) is 12.1 Å². The smallest absolute Gasteiger partial charge is 0.323 e. The van der Waals surface area contributed by atoms with E-state index < -0.39 is 5.60 Å². The molecule has 1 aliphatic rings. The number of carbonyl (C=O) groups is 1. The number of hydrogen-bond donors (Lipinski definition) is 1. The van der Waals surface area contributed by atoms with Crippen LogP contribution in [0.25, 0.3) is 0 Å². The van der Waals surface area contributed by atoms with Crippen LogP contribution in [-0.2, 0) is 11.8 Å². The number of nitrogens with zero attached hydrogens (tertiary/aromatic N) is 4. The van der Waals surface area contributed by atoms with Gasteiger partial charge < -0.3 is 14.4 Å². The number of aryl methyl sites for hydroxylation is 1. The van der Waals surface area contributed by atoms with Crippen molar-refractivity contribution >= 4 is 11.8 Å². The van der Waals surface area contributed by atoms with Gasteiger partial charge in [-0.05, 0) is 32.9 Å². The number of ether oxygens (including phenoxy) is 2. The topological polar surface area (TPSA) is 81.5 Å². The molecule has 2 amide bonds. The third-order valence-corrected chi connectivity index (χ3v) is 4.28. The molecule has 26 heavy (non-hydrogen) atoms. The molecule has 0 saturated carbocycles. The number of carbonyl (C=O) groups excluding carboxylic acids is 1. The minimum atomic E-state index is -0.461. The zero-order valence-corrected chi connectivity index (χ0v) is 15.6. The molecule has 0 radical (unpaired) electrons. The summed E-state index contributed by atoms with van der Waals surface area (Å²) < 4.78 is 13.5. The number of amides is 2. The average molecular weight is 359 g/mol. The van der Waals surface area contributed by atoms with Gasteiger partial charge in [0.1, 0.15) is 18.5 Å². The summed E-state index contributed by atoms with van der Waals surface area (Å²) in [4.78, 5) is 14.4. The van der Waals surface area contributed by atoms with Crippen LogP contribution in [0.1, 0.15) is 19.5 Å². The number of urea groups is 1. The molecule has 3 rings (SSSR count). The molecule has 0 aliphatic carbocycles. The first kappa shape index (κ1) is 18.2. The van der Waals surface area contributed by atoms with Crippen molar-refractivity contribution < 1.29 is 14.3 Å². The third-order valence-electron chi connectivity index (χ3n) is 4.28. The van der Waals surface area contributed by atoms with E-state index in [2.05, 4.69) is 15.6 Å². The fourth-order valence-corrected chi connectivity index (χ4v) is 2.94. The Morgan fingerprint density at radius 2 is 2.12 bits per heavy atom. The van der Waals surface area contributed by atoms with Crippen LogP contribution < -0.4 is 10.1 Å². The SMILES string of the molecule is Cc1c(NC(=O)N2CC(COc3ccccc3)OC(C)(C)C2)nnn1C. The quantitative estimate of drug-likeness (QED) is 0.905. The Labute approximate surface area is 153 Å². The van der Waals surface area contributed by atoms with E-state index in [1.807, 2.05) is 51.1 Å². The van der Waals surface area contributed by atoms with E-state index in [1.165, 1.54) is 0 Å². The van der Waals surface area contributed by atoms with Gasteiger partial charge in [0.2, 0.25) is 0 Å². The molecule has 2 heterocycles. The molecule has 1 fully saturated rings. The number of benzene rings is 1. The number of aromatic nitrogens is 3. The lowest BCUT2D eigenvalue weighted by Crippen LogP contribution is -2.57. The third kappa shape index (κ3) is 4.32. The molecule has 140 valence electrons. The van der Waals surface area contributed by atoms with E-state index in [0.717, 1.165) is 11.4 Å². The van der Waals surface area contributed by atoms with Crippen molar-refractivity contribution in [1.29, 1.82) is 0 Å². The lowest BCUT2D eigenvalue weighted by atomic mass is 10.1. The van der Waals surface area contributed by atoms with Crippen LogP contribution >= 0.6 is 0 Å². The van der Waals surface area contributed by atoms with E-state index in [9.17, 15) is 4.79 Å². The lowest BCUT2D eigenvalue weighted by Gasteiger charge is -2.42. The molecular formula is C18H25N5O3. The van der Waals surface area contributed by atoms with Crippen LogP contribution in [0.15, 0.2) is 30.3 Å². The summed E-state index contributed by atoms with van der Waals surface area (Å²) in [5.41, 5.74) is 0.340. The second-order valence-electron chi connectivity index (χ2n) is 7.08. The van der Waals surface area contributed by atoms with Gasteiger partial charge >= 0.3 is 6.03 Å². The second-order valence-corrected chi connectivity index (χ2v) is 7.08. The molecule has 1 N–H and O–H groups in total. The molecule has 2 aromatic rings. The van der Waals surface area contributed by atoms with Crippen molar-refractivity contribution in [3.8, 4) is 5.75 Å². The maximum absolute atomic E-state index is 12.7. The molecule has 1 aliphatic heterocycles. The van der Waals surface area contributed by atoms with Gasteiger partial charge in [0.25, 0.3) is 0 Å². The summed E-state index contributed by atoms with van der Waals surface area (Å²) in [5, 5.41) is 10.7. The summed E-state index contributed by atoms with van der Waals surface area (Å²) in [6, 6.07) is 9.36. The Balaban J connectivity index is 1.63. The van der Waals surface area contributed by atoms with Gasteiger partial charge in [-0.1, -0.05) is 23.4 Å². The van der Waals surface area contributed by atoms with Gasteiger partial charge in [0.05, 0.1) is 24.4 Å². The summed E-state index contributed by atoms with van der Waals surface area (Å²) in [7, 11) is 1.78. The largest absolute Gasteiger partial charge is 0.491 e. The highest BCUT2D eigenvalue weighted by Gasteiger charge is 2.36. The van der Waals surface area contributed by atoms with Crippen molar-refractivity contribution in [2.75, 3.05) is 25.0 Å². The van der Waals surface area contributed by atoms with Gasteiger partial charge in [-0.3, -0.25) is 10.00 Å². The normalized spacial score (nSPS) is 19.2. The first-order valence-corrected chi connectivity index (χ1v) is 8.62. The molecule has 8 heteroatoms. The van der Waals surface area contributed by atoms with Crippen LogP contribution in [-0.4, -0.2) is 57.3 Å². The summed E-state index contributed by atoms with van der Waals surface area (Å²) in [6.45, 7) is 7.10. The van der Waals surface area contributed by atoms with Gasteiger partial charge in [-0.2, -0.15) is 0 Å². The summed E-state index contributed by atoms with van der Waals surface area (Å²) >= 11 is 0. The lowest BCUT2D eigenvalue weighted by molar-refractivity contribution is -0.134. The second kappa shape index (κ2) is 7.33. The Hall–Kier alpha value is -2.61. The number of rotatable bonds is 4. The molecule has 8 nitrogen and oxygen atoms in total. The monoisotopic (exact) mass is 359 g/mol. The zero-order valence-electron chi connectivity index (χ0n) is 15.6. The molecule has 0 spiro atoms. The predicted molar refractivity (Wildman–Crippen MR) is 97.2 cm³/mol. The van der Waals surface area contributed by atoms with Gasteiger partial charge in [0.15, 0.2) is 5.82 Å². The van der Waals surface area contributed by atoms with E-state index in [1.54, 1.807) is 16.6 Å². The van der Waals surface area contributed by atoms with Crippen molar-refractivity contribution in [1.82, 2.24) is 19.9 Å². The van der Waals surface area contributed by atoms with Crippen LogP contribution in [0.3, 0.4) is 0 Å². The molecule has 1 unspecified atom stereocenters. The van der Waals surface area contributed by atoms with E-state index in [0.29, 0.717) is 25.5 Å². The molecule has 1 saturated heterocycles. The summed E-state index contributed by atoms with van der Waals surface area (Å²) in [5.74, 6) is 1.25. The first-order chi connectivity index (χ1) is 12.3. The molecule has 1 aromatic heterocycles. The number of nitrogens with one attached hydrogen (secondary N) is 1. The minimum absolute atomic E-state index is 0.213. The van der Waals surface area contributed by atoms with Crippen molar-refractivity contribution in [3.63, 3.8) is 0 Å². The minimum Gasteiger partial charge on any atom is -0.491 e. The van der Waals surface area contributed by atoms with Crippen LogP contribution in [0.5, 0.6) is 5.75 Å². The van der Waals surface area contributed by atoms with Gasteiger partial charge in [0, 0.05) is 7.05 Å². The highest BCUT2D eigenvalue weighted by Crippen LogP contribution is 2.23. The molecule has 1 atom stereocenters. The Morgan fingerprint density at radius 3 is 2.77 bits per heavy atom. The van der Waals surface area contributed by atoms with Gasteiger partial charge in [-0.15, -0.1) is 5.10 Å². The fraction of sp³-hybridized carbons (Fsp3) is 0.500. The predicted octanol–water partition coefficient (Wildman–Crippen LogP) is 2.21. The van der Waals surface area contributed by atoms with Crippen LogP contribution in [0.4, 0.5) is 10.6 Å². The van der Waals surface area contributed by atoms with Crippen LogP contribution in [0.2, 0.25) is 0 Å². The van der Waals surface area contributed by atoms with E-state index >= 15 is 0 Å². The fourth-order valence-electron chi connectivity index (χ4n) is 2.94. The van der Waals surface area contributed by atoms with Crippen molar-refractivity contribution in [3.05, 3.63) is 36.0 Å². The van der Waals surface area contributed by atoms with Crippen molar-refractivity contribution in [2.45, 2.75) is 32.5 Å². The van der Waals surface area contributed by atoms with Crippen molar-refractivity contribution in [2.24, 2.45) is 7.05 Å². The Kier molecular flexibility index (Phi) is 5.13. The summed E-state index contributed by atoms with van der Waals surface area (Å²) in [6.07, 6.45) is -0.215. The highest BCUT2D eigenvalue weighted by molar-refractivity contribution is 5.88. The standard InChI is InChI=1S/C18H25N5O3/c1-13-16(20-21-22(13)4)19-17(24)23-10-15(26-18(2,3)12-23)11-25-14-8-6-5-7-9-14/h5-9,15H,10-12H2,1-4H3,(H,19,24). The number of hydrogen-bond acceptors (Lipinski definition) is 5. The molecule has 1 aromatic carbocycles. The van der Waals surface area contributed by atoms with Crippen LogP contribution in [0, 0.1) is 6.92 Å². The molecule has 0 bridgehead atoms. The molecular weight excluding hydrogens is 334 g/mol. The average Bonchev–Trinajstić information content (AvgIpc) is 2.91. The zero-order chi connectivity index (χ0) is 18.7. The van der Waals surface area contributed by atoms with Gasteiger partial charge in [-0.25, -0.2) is 4.79 Å². The maximum atomic E-state index is 12.7. The Morgan fingerprint density at radius 1 is 1.38 bits per heavy atom. The maximum Gasteiger partial charge on any atom is 0.323 e. The Bertz CT molecular complexity index is 759. The highest BCUT2D eigenvalue weighted by atomic mass is 16.5.